The average molecular weight is 208 g/mol. The number of carbonyl (C=O) groups excluding carboxylic acids is 1. The Balaban J connectivity index is 1.94. The van der Waals surface area contributed by atoms with Crippen molar-refractivity contribution in [2.75, 3.05) is 13.1 Å². The van der Waals surface area contributed by atoms with Gasteiger partial charge in [-0.2, -0.15) is 0 Å². The highest BCUT2D eigenvalue weighted by atomic mass is 16.2. The smallest absolute Gasteiger partial charge is 0.287 e. The lowest BCUT2D eigenvalue weighted by Crippen LogP contribution is -2.46. The van der Waals surface area contributed by atoms with Gasteiger partial charge in [0, 0.05) is 32.0 Å². The van der Waals surface area contributed by atoms with E-state index in [9.17, 15) is 4.79 Å². The van der Waals surface area contributed by atoms with Gasteiger partial charge in [-0.05, 0) is 19.4 Å². The number of hydrogen-bond donors (Lipinski definition) is 2. The molecule has 0 unspecified atom stereocenters. The molecule has 0 aromatic carbocycles. The number of hydrogen-bond acceptors (Lipinski definition) is 3. The fourth-order valence-electron chi connectivity index (χ4n) is 1.81. The first-order chi connectivity index (χ1) is 7.27. The zero-order valence-corrected chi connectivity index (χ0v) is 8.86. The van der Waals surface area contributed by atoms with E-state index in [4.69, 9.17) is 0 Å². The molecule has 5 heteroatoms. The van der Waals surface area contributed by atoms with Crippen LogP contribution in [0.15, 0.2) is 12.4 Å². The Kier molecular flexibility index (Phi) is 3.01. The summed E-state index contributed by atoms with van der Waals surface area (Å²) >= 11 is 0. The van der Waals surface area contributed by atoms with E-state index in [-0.39, 0.29) is 11.9 Å². The molecule has 0 aliphatic carbocycles. The predicted molar refractivity (Wildman–Crippen MR) is 56.6 cm³/mol. The molecule has 0 bridgehead atoms. The van der Waals surface area contributed by atoms with Crippen molar-refractivity contribution in [3.05, 3.63) is 18.2 Å². The van der Waals surface area contributed by atoms with Gasteiger partial charge < -0.3 is 15.2 Å². The van der Waals surface area contributed by atoms with Crippen LogP contribution >= 0.6 is 0 Å². The Labute approximate surface area is 88.9 Å². The summed E-state index contributed by atoms with van der Waals surface area (Å²) in [4.78, 5) is 15.8. The highest BCUT2D eigenvalue weighted by Crippen LogP contribution is 2.02. The average Bonchev–Trinajstić information content (AvgIpc) is 2.66. The number of nitrogens with one attached hydrogen (secondary N) is 2. The number of aromatic nitrogens is 2. The van der Waals surface area contributed by atoms with E-state index in [1.807, 2.05) is 7.05 Å². The number of imidazole rings is 1. The molecule has 1 aliphatic heterocycles. The zero-order valence-electron chi connectivity index (χ0n) is 8.86. The maximum Gasteiger partial charge on any atom is 0.287 e. The van der Waals surface area contributed by atoms with Gasteiger partial charge in [0.05, 0.1) is 0 Å². The summed E-state index contributed by atoms with van der Waals surface area (Å²) in [5.74, 6) is 0.386. The summed E-state index contributed by atoms with van der Waals surface area (Å²) in [6, 6.07) is 0.239. The quantitative estimate of drug-likeness (QED) is 0.713. The molecular weight excluding hydrogens is 192 g/mol. The van der Waals surface area contributed by atoms with Crippen molar-refractivity contribution in [1.82, 2.24) is 20.2 Å². The molecule has 2 heterocycles. The second-order valence-electron chi connectivity index (χ2n) is 3.88. The van der Waals surface area contributed by atoms with Crippen LogP contribution in [0.2, 0.25) is 0 Å². The topological polar surface area (TPSA) is 59.0 Å². The number of rotatable bonds is 2. The van der Waals surface area contributed by atoms with E-state index in [0.29, 0.717) is 5.82 Å². The molecule has 1 aliphatic rings. The molecule has 1 atom stereocenters. The van der Waals surface area contributed by atoms with Gasteiger partial charge in [0.25, 0.3) is 5.91 Å². The Morgan fingerprint density at radius 2 is 2.60 bits per heavy atom. The van der Waals surface area contributed by atoms with Crippen LogP contribution in [0.5, 0.6) is 0 Å². The molecular formula is C10H16N4O. The van der Waals surface area contributed by atoms with Gasteiger partial charge in [0.15, 0.2) is 5.82 Å². The Hall–Kier alpha value is -1.36. The normalized spacial score (nSPS) is 21.3. The van der Waals surface area contributed by atoms with Crippen LogP contribution in [-0.4, -0.2) is 34.6 Å². The van der Waals surface area contributed by atoms with E-state index in [2.05, 4.69) is 15.6 Å². The summed E-state index contributed by atoms with van der Waals surface area (Å²) in [5.41, 5.74) is 0. The Bertz CT molecular complexity index is 341. The van der Waals surface area contributed by atoms with Crippen molar-refractivity contribution in [1.29, 1.82) is 0 Å². The lowest BCUT2D eigenvalue weighted by Gasteiger charge is -2.23. The van der Waals surface area contributed by atoms with Crippen molar-refractivity contribution < 1.29 is 4.79 Å². The molecule has 0 radical (unpaired) electrons. The van der Waals surface area contributed by atoms with Crippen LogP contribution in [0.1, 0.15) is 23.5 Å². The first-order valence-corrected chi connectivity index (χ1v) is 5.26. The summed E-state index contributed by atoms with van der Waals surface area (Å²) in [6.07, 6.45) is 5.57. The van der Waals surface area contributed by atoms with Crippen LogP contribution in [0.3, 0.4) is 0 Å². The number of aryl methyl sites for hydroxylation is 1. The molecule has 1 saturated heterocycles. The lowest BCUT2D eigenvalue weighted by molar-refractivity contribution is 0.0917. The zero-order chi connectivity index (χ0) is 10.7. The van der Waals surface area contributed by atoms with Gasteiger partial charge in [-0.3, -0.25) is 4.79 Å². The van der Waals surface area contributed by atoms with E-state index < -0.39 is 0 Å². The molecule has 1 fully saturated rings. The predicted octanol–water partition coefficient (Wildman–Crippen LogP) is -0.0981. The molecule has 0 spiro atoms. The third-order valence-electron chi connectivity index (χ3n) is 2.66. The second kappa shape index (κ2) is 4.44. The molecule has 0 saturated carbocycles. The number of carbonyl (C=O) groups is 1. The third-order valence-corrected chi connectivity index (χ3v) is 2.66. The SMILES string of the molecule is Cn1ccnc1C(=O)N[C@H]1CCCNC1. The van der Waals surface area contributed by atoms with Crippen molar-refractivity contribution in [2.24, 2.45) is 7.05 Å². The molecule has 2 rings (SSSR count). The Morgan fingerprint density at radius 1 is 1.73 bits per heavy atom. The molecule has 1 aromatic rings. The van der Waals surface area contributed by atoms with Crippen molar-refractivity contribution in [3.8, 4) is 0 Å². The summed E-state index contributed by atoms with van der Waals surface area (Å²) in [7, 11) is 1.82. The fourth-order valence-corrected chi connectivity index (χ4v) is 1.81. The first-order valence-electron chi connectivity index (χ1n) is 5.26. The molecule has 82 valence electrons. The molecule has 2 N–H and O–H groups in total. The lowest BCUT2D eigenvalue weighted by atomic mass is 10.1. The maximum absolute atomic E-state index is 11.8. The highest BCUT2D eigenvalue weighted by Gasteiger charge is 2.18. The molecule has 5 nitrogen and oxygen atoms in total. The first kappa shape index (κ1) is 10.2. The molecule has 1 aromatic heterocycles. The highest BCUT2D eigenvalue weighted by molar-refractivity contribution is 5.90. The van der Waals surface area contributed by atoms with Gasteiger partial charge >= 0.3 is 0 Å². The van der Waals surface area contributed by atoms with E-state index in [1.54, 1.807) is 17.0 Å². The van der Waals surface area contributed by atoms with Crippen LogP contribution in [0, 0.1) is 0 Å². The maximum atomic E-state index is 11.8. The summed E-state index contributed by atoms with van der Waals surface area (Å²) in [5, 5.41) is 6.24. The van der Waals surface area contributed by atoms with Gasteiger partial charge in [-0.15, -0.1) is 0 Å². The number of nitrogens with zero attached hydrogens (tertiary/aromatic N) is 2. The van der Waals surface area contributed by atoms with Crippen LogP contribution < -0.4 is 10.6 Å². The minimum atomic E-state index is -0.0869. The van der Waals surface area contributed by atoms with Gasteiger partial charge in [-0.1, -0.05) is 0 Å². The van der Waals surface area contributed by atoms with Crippen molar-refractivity contribution >= 4 is 5.91 Å². The van der Waals surface area contributed by atoms with Gasteiger partial charge in [0.1, 0.15) is 0 Å². The van der Waals surface area contributed by atoms with E-state index in [0.717, 1.165) is 25.9 Å². The van der Waals surface area contributed by atoms with Crippen LogP contribution in [0.4, 0.5) is 0 Å². The molecule has 15 heavy (non-hydrogen) atoms. The van der Waals surface area contributed by atoms with Crippen LogP contribution in [0.25, 0.3) is 0 Å². The van der Waals surface area contributed by atoms with Gasteiger partial charge in [-0.25, -0.2) is 4.98 Å². The number of piperidine rings is 1. The minimum absolute atomic E-state index is 0.0869. The van der Waals surface area contributed by atoms with E-state index >= 15 is 0 Å². The van der Waals surface area contributed by atoms with Gasteiger partial charge in [0.2, 0.25) is 0 Å². The van der Waals surface area contributed by atoms with E-state index in [1.165, 1.54) is 0 Å². The largest absolute Gasteiger partial charge is 0.345 e. The van der Waals surface area contributed by atoms with Crippen LogP contribution in [-0.2, 0) is 7.05 Å². The van der Waals surface area contributed by atoms with Crippen molar-refractivity contribution in [3.63, 3.8) is 0 Å². The van der Waals surface area contributed by atoms with Crippen molar-refractivity contribution in [2.45, 2.75) is 18.9 Å². The number of amides is 1. The Morgan fingerprint density at radius 3 is 3.20 bits per heavy atom. The summed E-state index contributed by atoms with van der Waals surface area (Å²) < 4.78 is 1.73. The molecule has 1 amide bonds. The summed E-state index contributed by atoms with van der Waals surface area (Å²) in [6.45, 7) is 1.91. The second-order valence-corrected chi connectivity index (χ2v) is 3.88. The third kappa shape index (κ3) is 2.36. The minimum Gasteiger partial charge on any atom is -0.345 e. The fraction of sp³-hybridized carbons (Fsp3) is 0.600. The monoisotopic (exact) mass is 208 g/mol. The standard InChI is InChI=1S/C10H16N4O/c1-14-6-5-12-9(14)10(15)13-8-3-2-4-11-7-8/h5-6,8,11H,2-4,7H2,1H3,(H,13,15)/t8-/m0/s1.